The first-order valence-electron chi connectivity index (χ1n) is 8.35. The first-order chi connectivity index (χ1) is 12.0. The maximum Gasteiger partial charge on any atom is 0.319 e. The number of nitrogens with one attached hydrogen (secondary N) is 3. The maximum absolute atomic E-state index is 12.2. The fourth-order valence-corrected chi connectivity index (χ4v) is 2.51. The molecule has 25 heavy (non-hydrogen) atoms. The Labute approximate surface area is 148 Å². The second kappa shape index (κ2) is 8.82. The molecular weight excluding hydrogens is 316 g/mol. The van der Waals surface area contributed by atoms with E-state index in [1.807, 2.05) is 32.9 Å². The summed E-state index contributed by atoms with van der Waals surface area (Å²) in [6, 6.07) is 8.76. The molecule has 1 atom stereocenters. The summed E-state index contributed by atoms with van der Waals surface area (Å²) in [5.74, 6) is -0.119. The van der Waals surface area contributed by atoms with Crippen LogP contribution in [0.2, 0.25) is 0 Å². The third-order valence-electron chi connectivity index (χ3n) is 3.72. The van der Waals surface area contributed by atoms with Crippen LogP contribution in [0.25, 0.3) is 0 Å². The number of aryl methyl sites for hydroxylation is 1. The van der Waals surface area contributed by atoms with E-state index < -0.39 is 0 Å². The lowest BCUT2D eigenvalue weighted by Gasteiger charge is -2.16. The second-order valence-corrected chi connectivity index (χ2v) is 5.95. The summed E-state index contributed by atoms with van der Waals surface area (Å²) in [6.07, 6.45) is 4.22. The molecule has 6 nitrogen and oxygen atoms in total. The molecule has 0 saturated heterocycles. The normalized spacial score (nSPS) is 11.5. The largest absolute Gasteiger partial charge is 0.352 e. The Morgan fingerprint density at radius 3 is 2.68 bits per heavy atom. The molecule has 1 aromatic heterocycles. The van der Waals surface area contributed by atoms with Crippen LogP contribution in [0.15, 0.2) is 42.7 Å². The number of aromatic nitrogens is 1. The highest BCUT2D eigenvalue weighted by atomic mass is 16.2. The lowest BCUT2D eigenvalue weighted by atomic mass is 10.1. The average molecular weight is 340 g/mol. The Morgan fingerprint density at radius 2 is 2.04 bits per heavy atom. The lowest BCUT2D eigenvalue weighted by molar-refractivity contribution is 0.0955. The molecule has 6 heteroatoms. The van der Waals surface area contributed by atoms with E-state index in [0.717, 1.165) is 11.1 Å². The quantitative estimate of drug-likeness (QED) is 0.756. The van der Waals surface area contributed by atoms with Crippen molar-refractivity contribution in [3.05, 3.63) is 59.4 Å². The van der Waals surface area contributed by atoms with E-state index in [1.165, 1.54) is 0 Å². The Hall–Kier alpha value is -2.89. The minimum atomic E-state index is -0.273. The van der Waals surface area contributed by atoms with E-state index in [2.05, 4.69) is 20.9 Å². The third kappa shape index (κ3) is 5.60. The Morgan fingerprint density at radius 1 is 1.24 bits per heavy atom. The van der Waals surface area contributed by atoms with Crippen LogP contribution in [0.4, 0.5) is 10.5 Å². The van der Waals surface area contributed by atoms with Crippen LogP contribution in [0.3, 0.4) is 0 Å². The number of urea groups is 1. The molecule has 0 saturated carbocycles. The van der Waals surface area contributed by atoms with Gasteiger partial charge in [-0.3, -0.25) is 9.78 Å². The van der Waals surface area contributed by atoms with Crippen molar-refractivity contribution < 1.29 is 9.59 Å². The zero-order valence-electron chi connectivity index (χ0n) is 14.8. The van der Waals surface area contributed by atoms with Gasteiger partial charge in [-0.15, -0.1) is 0 Å². The van der Waals surface area contributed by atoms with Crippen molar-refractivity contribution in [3.63, 3.8) is 0 Å². The number of benzene rings is 1. The van der Waals surface area contributed by atoms with Gasteiger partial charge in [-0.2, -0.15) is 0 Å². The fourth-order valence-electron chi connectivity index (χ4n) is 2.51. The highest BCUT2D eigenvalue weighted by Gasteiger charge is 2.11. The number of amides is 3. The van der Waals surface area contributed by atoms with Crippen molar-refractivity contribution in [2.24, 2.45) is 0 Å². The number of rotatable bonds is 6. The molecular formula is C19H24N4O2. The van der Waals surface area contributed by atoms with Gasteiger partial charge >= 0.3 is 6.03 Å². The lowest BCUT2D eigenvalue weighted by Crippen LogP contribution is -2.37. The van der Waals surface area contributed by atoms with Crippen LogP contribution in [-0.2, 0) is 6.42 Å². The predicted octanol–water partition coefficient (Wildman–Crippen LogP) is 2.89. The van der Waals surface area contributed by atoms with E-state index in [0.29, 0.717) is 24.2 Å². The van der Waals surface area contributed by atoms with E-state index in [9.17, 15) is 9.59 Å². The smallest absolute Gasteiger partial charge is 0.319 e. The van der Waals surface area contributed by atoms with Crippen LogP contribution in [0.1, 0.15) is 35.3 Å². The van der Waals surface area contributed by atoms with Crippen molar-refractivity contribution >= 4 is 17.6 Å². The van der Waals surface area contributed by atoms with Gasteiger partial charge in [-0.05, 0) is 62.6 Å². The van der Waals surface area contributed by atoms with E-state index in [1.54, 1.807) is 30.6 Å². The molecule has 1 aromatic carbocycles. The Bertz CT molecular complexity index is 731. The van der Waals surface area contributed by atoms with Gasteiger partial charge in [-0.25, -0.2) is 4.79 Å². The molecule has 0 aliphatic heterocycles. The molecule has 0 spiro atoms. The van der Waals surface area contributed by atoms with Crippen LogP contribution in [-0.4, -0.2) is 29.5 Å². The number of hydrogen-bond acceptors (Lipinski definition) is 3. The van der Waals surface area contributed by atoms with Gasteiger partial charge in [0, 0.05) is 36.2 Å². The van der Waals surface area contributed by atoms with Crippen LogP contribution < -0.4 is 16.0 Å². The van der Waals surface area contributed by atoms with Gasteiger partial charge < -0.3 is 16.0 Å². The van der Waals surface area contributed by atoms with E-state index >= 15 is 0 Å². The molecule has 1 heterocycles. The van der Waals surface area contributed by atoms with Crippen LogP contribution in [0, 0.1) is 6.92 Å². The van der Waals surface area contributed by atoms with Crippen molar-refractivity contribution in [3.8, 4) is 0 Å². The summed E-state index contributed by atoms with van der Waals surface area (Å²) in [5, 5.41) is 8.49. The van der Waals surface area contributed by atoms with Gasteiger partial charge in [-0.1, -0.05) is 6.07 Å². The van der Waals surface area contributed by atoms with Gasteiger partial charge in [0.05, 0.1) is 0 Å². The number of carbonyl (C=O) groups excluding carboxylic acids is 2. The third-order valence-corrected chi connectivity index (χ3v) is 3.72. The number of pyridine rings is 1. The zero-order chi connectivity index (χ0) is 18.2. The highest BCUT2D eigenvalue weighted by Crippen LogP contribution is 2.16. The maximum atomic E-state index is 12.2. The highest BCUT2D eigenvalue weighted by molar-refractivity contribution is 5.96. The van der Waals surface area contributed by atoms with Gasteiger partial charge in [0.2, 0.25) is 0 Å². The molecule has 0 bridgehead atoms. The number of hydrogen-bond donors (Lipinski definition) is 3. The minimum Gasteiger partial charge on any atom is -0.352 e. The number of nitrogens with zero attached hydrogens (tertiary/aromatic N) is 1. The summed E-state index contributed by atoms with van der Waals surface area (Å²) >= 11 is 0. The van der Waals surface area contributed by atoms with Crippen LogP contribution in [0.5, 0.6) is 0 Å². The van der Waals surface area contributed by atoms with Crippen molar-refractivity contribution in [2.45, 2.75) is 33.2 Å². The molecule has 0 aliphatic rings. The SMILES string of the molecule is CCNC(=O)c1ccc(NC(=O)N[C@H](C)Cc2cccnc2)c(C)c1. The van der Waals surface area contributed by atoms with E-state index in [-0.39, 0.29) is 18.0 Å². The number of anilines is 1. The molecule has 3 N–H and O–H groups in total. The van der Waals surface area contributed by atoms with Gasteiger partial charge in [0.15, 0.2) is 0 Å². The van der Waals surface area contributed by atoms with E-state index in [4.69, 9.17) is 0 Å². The monoisotopic (exact) mass is 340 g/mol. The molecule has 0 aliphatic carbocycles. The van der Waals surface area contributed by atoms with Gasteiger partial charge in [0.25, 0.3) is 5.91 Å². The Kier molecular flexibility index (Phi) is 6.51. The average Bonchev–Trinajstić information content (AvgIpc) is 2.57. The first-order valence-corrected chi connectivity index (χ1v) is 8.35. The topological polar surface area (TPSA) is 83.1 Å². The summed E-state index contributed by atoms with van der Waals surface area (Å²) in [7, 11) is 0. The van der Waals surface area contributed by atoms with Crippen molar-refractivity contribution in [1.82, 2.24) is 15.6 Å². The van der Waals surface area contributed by atoms with Crippen molar-refractivity contribution in [2.75, 3.05) is 11.9 Å². The summed E-state index contributed by atoms with van der Waals surface area (Å²) in [5.41, 5.74) is 3.16. The summed E-state index contributed by atoms with van der Waals surface area (Å²) in [4.78, 5) is 28.1. The zero-order valence-corrected chi connectivity index (χ0v) is 14.8. The predicted molar refractivity (Wildman–Crippen MR) is 98.7 cm³/mol. The molecule has 2 aromatic rings. The number of carbonyl (C=O) groups is 2. The molecule has 0 unspecified atom stereocenters. The first kappa shape index (κ1) is 18.4. The summed E-state index contributed by atoms with van der Waals surface area (Å²) < 4.78 is 0. The molecule has 0 fully saturated rings. The molecule has 3 amide bonds. The molecule has 0 radical (unpaired) electrons. The molecule has 2 rings (SSSR count). The van der Waals surface area contributed by atoms with Gasteiger partial charge in [0.1, 0.15) is 0 Å². The standard InChI is InChI=1S/C19H24N4O2/c1-4-21-18(24)16-7-8-17(13(2)10-16)23-19(25)22-14(3)11-15-6-5-9-20-12-15/h5-10,12,14H,4,11H2,1-3H3,(H,21,24)(H2,22,23,25)/t14-/m1/s1. The summed E-state index contributed by atoms with van der Waals surface area (Å²) in [6.45, 7) is 6.25. The Balaban J connectivity index is 1.92. The minimum absolute atomic E-state index is 0.0286. The second-order valence-electron chi connectivity index (χ2n) is 5.95. The van der Waals surface area contributed by atoms with Crippen molar-refractivity contribution in [1.29, 1.82) is 0 Å². The molecule has 132 valence electrons. The fraction of sp³-hybridized carbons (Fsp3) is 0.316. The van der Waals surface area contributed by atoms with Crippen LogP contribution >= 0.6 is 0 Å².